The minimum Gasteiger partial charge on any atom is -0.490 e. The van der Waals surface area contributed by atoms with Gasteiger partial charge in [-0.25, -0.2) is 9.59 Å². The Hall–Kier alpha value is -3.83. The van der Waals surface area contributed by atoms with E-state index in [1.165, 1.54) is 6.42 Å². The molecule has 4 rings (SSSR count). The fourth-order valence-corrected chi connectivity index (χ4v) is 6.16. The molecular formula is C36H53N5O6. The van der Waals surface area contributed by atoms with Gasteiger partial charge in [-0.1, -0.05) is 44.4 Å². The zero-order valence-electron chi connectivity index (χ0n) is 28.4. The molecule has 1 saturated carbocycles. The third-order valence-electron chi connectivity index (χ3n) is 9.08. The van der Waals surface area contributed by atoms with Crippen LogP contribution in [-0.2, 0) is 4.74 Å². The topological polar surface area (TPSA) is 132 Å². The second-order valence-corrected chi connectivity index (χ2v) is 13.1. The van der Waals surface area contributed by atoms with Gasteiger partial charge < -0.3 is 40.3 Å². The summed E-state index contributed by atoms with van der Waals surface area (Å²) in [5.74, 6) is -0.0673. The van der Waals surface area contributed by atoms with Crippen LogP contribution in [0.3, 0.4) is 0 Å². The Bertz CT molecular complexity index is 1300. The lowest BCUT2D eigenvalue weighted by Gasteiger charge is -2.35. The molecule has 2 aliphatic rings. The molecule has 1 fully saturated rings. The number of aliphatic hydroxyl groups is 1. The number of nitrogens with zero attached hydrogens (tertiary/aromatic N) is 2. The van der Waals surface area contributed by atoms with Crippen LogP contribution in [0, 0.1) is 5.92 Å². The number of urea groups is 2. The van der Waals surface area contributed by atoms with Crippen molar-refractivity contribution in [3.05, 3.63) is 54.1 Å². The molecule has 0 spiro atoms. The van der Waals surface area contributed by atoms with Gasteiger partial charge in [0, 0.05) is 50.1 Å². The molecule has 4 N–H and O–H groups in total. The summed E-state index contributed by atoms with van der Waals surface area (Å²) in [6.07, 6.45) is 7.25. The average molecular weight is 652 g/mol. The van der Waals surface area contributed by atoms with E-state index in [4.69, 9.17) is 9.47 Å². The van der Waals surface area contributed by atoms with Gasteiger partial charge in [0.05, 0.1) is 30.4 Å². The molecule has 0 aromatic heterocycles. The number of benzene rings is 2. The monoisotopic (exact) mass is 651 g/mol. The summed E-state index contributed by atoms with van der Waals surface area (Å²) in [4.78, 5) is 43.5. The molecule has 0 unspecified atom stereocenters. The molecule has 2 aromatic rings. The predicted molar refractivity (Wildman–Crippen MR) is 184 cm³/mol. The molecule has 258 valence electrons. The van der Waals surface area contributed by atoms with E-state index >= 15 is 0 Å². The molecule has 0 saturated heterocycles. The van der Waals surface area contributed by atoms with E-state index in [2.05, 4.69) is 16.0 Å². The van der Waals surface area contributed by atoms with Gasteiger partial charge in [-0.15, -0.1) is 0 Å². The first-order valence-corrected chi connectivity index (χ1v) is 17.1. The minimum atomic E-state index is -0.505. The van der Waals surface area contributed by atoms with Gasteiger partial charge in [0.2, 0.25) is 0 Å². The number of carbonyl (C=O) groups excluding carboxylic acids is 3. The number of rotatable bonds is 7. The predicted octanol–water partition coefficient (Wildman–Crippen LogP) is 6.10. The molecule has 1 heterocycles. The van der Waals surface area contributed by atoms with Crippen molar-refractivity contribution in [2.75, 3.05) is 44.0 Å². The summed E-state index contributed by atoms with van der Waals surface area (Å²) in [7, 11) is 1.73. The number of hydrogen-bond acceptors (Lipinski definition) is 6. The Kier molecular flexibility index (Phi) is 13.7. The summed E-state index contributed by atoms with van der Waals surface area (Å²) < 4.78 is 12.7. The Morgan fingerprint density at radius 3 is 2.43 bits per heavy atom. The molecule has 1 aliphatic carbocycles. The highest BCUT2D eigenvalue weighted by Crippen LogP contribution is 2.29. The summed E-state index contributed by atoms with van der Waals surface area (Å²) in [6, 6.07) is 13.5. The number of ether oxygens (including phenoxy) is 2. The maximum absolute atomic E-state index is 14.3. The van der Waals surface area contributed by atoms with Gasteiger partial charge in [0.1, 0.15) is 5.75 Å². The lowest BCUT2D eigenvalue weighted by molar-refractivity contribution is -0.0115. The SMILES string of the molecule is C[C@@H]1CCCCO[C@@H](CN(C)C(=O)Nc2ccccc2)[C@@H](C)CN([C@H](C)CO)C(=O)c2cc(NC(=O)NC3CCCCC3)ccc2O1. The highest BCUT2D eigenvalue weighted by Gasteiger charge is 2.31. The van der Waals surface area contributed by atoms with Crippen LogP contribution in [0.15, 0.2) is 48.5 Å². The first kappa shape index (κ1) is 36.0. The van der Waals surface area contributed by atoms with Crippen molar-refractivity contribution in [1.29, 1.82) is 0 Å². The van der Waals surface area contributed by atoms with Crippen LogP contribution in [0.5, 0.6) is 5.75 Å². The number of nitrogens with one attached hydrogen (secondary N) is 3. The number of para-hydroxylation sites is 1. The third kappa shape index (κ3) is 10.9. The van der Waals surface area contributed by atoms with Crippen molar-refractivity contribution in [3.63, 3.8) is 0 Å². The average Bonchev–Trinajstić information content (AvgIpc) is 3.06. The van der Waals surface area contributed by atoms with Crippen LogP contribution in [0.2, 0.25) is 0 Å². The Morgan fingerprint density at radius 2 is 1.70 bits per heavy atom. The normalized spacial score (nSPS) is 22.2. The Morgan fingerprint density at radius 1 is 0.979 bits per heavy atom. The molecule has 47 heavy (non-hydrogen) atoms. The van der Waals surface area contributed by atoms with Crippen LogP contribution in [-0.4, -0.2) is 90.5 Å². The summed E-state index contributed by atoms with van der Waals surface area (Å²) in [6.45, 7) is 6.63. The molecule has 11 nitrogen and oxygen atoms in total. The van der Waals surface area contributed by atoms with Crippen molar-refractivity contribution in [1.82, 2.24) is 15.1 Å². The highest BCUT2D eigenvalue weighted by atomic mass is 16.5. The molecule has 11 heteroatoms. The molecular weight excluding hydrogens is 598 g/mol. The van der Waals surface area contributed by atoms with Crippen LogP contribution in [0.4, 0.5) is 21.0 Å². The molecule has 4 atom stereocenters. The number of anilines is 2. The first-order valence-electron chi connectivity index (χ1n) is 17.1. The van der Waals surface area contributed by atoms with Crippen LogP contribution < -0.4 is 20.7 Å². The zero-order valence-corrected chi connectivity index (χ0v) is 28.4. The van der Waals surface area contributed by atoms with Crippen LogP contribution in [0.25, 0.3) is 0 Å². The largest absolute Gasteiger partial charge is 0.490 e. The quantitative estimate of drug-likeness (QED) is 0.286. The highest BCUT2D eigenvalue weighted by molar-refractivity contribution is 5.99. The number of hydrogen-bond donors (Lipinski definition) is 4. The van der Waals surface area contributed by atoms with Crippen molar-refractivity contribution in [2.45, 2.75) is 96.4 Å². The molecule has 2 aromatic carbocycles. The van der Waals surface area contributed by atoms with E-state index in [1.807, 2.05) is 44.2 Å². The van der Waals surface area contributed by atoms with Crippen LogP contribution >= 0.6 is 0 Å². The van der Waals surface area contributed by atoms with Crippen LogP contribution in [0.1, 0.15) is 82.5 Å². The van der Waals surface area contributed by atoms with Gasteiger partial charge in [-0.3, -0.25) is 4.79 Å². The first-order chi connectivity index (χ1) is 22.6. The third-order valence-corrected chi connectivity index (χ3v) is 9.08. The van der Waals surface area contributed by atoms with Crippen molar-refractivity contribution < 1.29 is 29.0 Å². The van der Waals surface area contributed by atoms with E-state index in [0.29, 0.717) is 35.8 Å². The zero-order chi connectivity index (χ0) is 33.8. The van der Waals surface area contributed by atoms with E-state index in [0.717, 1.165) is 44.9 Å². The summed E-state index contributed by atoms with van der Waals surface area (Å²) in [5, 5.41) is 19.1. The summed E-state index contributed by atoms with van der Waals surface area (Å²) in [5.41, 5.74) is 1.50. The number of carbonyl (C=O) groups is 3. The van der Waals surface area contributed by atoms with Gasteiger partial charge in [-0.2, -0.15) is 0 Å². The molecule has 0 radical (unpaired) electrons. The van der Waals surface area contributed by atoms with E-state index < -0.39 is 6.04 Å². The maximum Gasteiger partial charge on any atom is 0.321 e. The van der Waals surface area contributed by atoms with Gasteiger partial charge in [0.25, 0.3) is 5.91 Å². The van der Waals surface area contributed by atoms with Gasteiger partial charge >= 0.3 is 12.1 Å². The molecule has 1 aliphatic heterocycles. The smallest absolute Gasteiger partial charge is 0.321 e. The lowest BCUT2D eigenvalue weighted by atomic mass is 9.96. The number of aliphatic hydroxyl groups excluding tert-OH is 1. The second-order valence-electron chi connectivity index (χ2n) is 13.1. The van der Waals surface area contributed by atoms with E-state index in [1.54, 1.807) is 42.0 Å². The fraction of sp³-hybridized carbons (Fsp3) is 0.583. The fourth-order valence-electron chi connectivity index (χ4n) is 6.16. The summed E-state index contributed by atoms with van der Waals surface area (Å²) >= 11 is 0. The van der Waals surface area contributed by atoms with Gasteiger partial charge in [-0.05, 0) is 76.3 Å². The number of fused-ring (bicyclic) bond motifs is 1. The van der Waals surface area contributed by atoms with E-state index in [-0.39, 0.29) is 55.3 Å². The minimum absolute atomic E-state index is 0.146. The van der Waals surface area contributed by atoms with E-state index in [9.17, 15) is 19.5 Å². The standard InChI is InChI=1S/C36H53N5O6/c1-25-22-41(26(2)24-42)34(43)31-21-30(38-35(44)37-28-14-7-5-8-15-28)18-19-32(31)47-27(3)13-11-12-20-46-33(25)23-40(4)36(45)39-29-16-9-6-10-17-29/h6,9-10,16-19,21,25-28,33,42H,5,7-8,11-15,20,22-24H2,1-4H3,(H,39,45)(H2,37,38,44)/t25-,26+,27+,33-/m0/s1. The molecule has 0 bridgehead atoms. The van der Waals surface area contributed by atoms with Crippen molar-refractivity contribution >= 4 is 29.3 Å². The molecule has 5 amide bonds. The maximum atomic E-state index is 14.3. The lowest BCUT2D eigenvalue weighted by Crippen LogP contribution is -2.48. The Labute approximate surface area is 279 Å². The Balaban J connectivity index is 1.56. The second kappa shape index (κ2) is 17.9. The number of likely N-dealkylation sites (N-methyl/N-ethyl adjacent to an activating group) is 1. The van der Waals surface area contributed by atoms with Gasteiger partial charge in [0.15, 0.2) is 0 Å². The van der Waals surface area contributed by atoms with Crippen molar-refractivity contribution in [3.8, 4) is 5.75 Å². The van der Waals surface area contributed by atoms with Crippen molar-refractivity contribution in [2.24, 2.45) is 5.92 Å². The number of amides is 5.